The molecule has 1 amide bonds. The minimum absolute atomic E-state index is 0.0615. The lowest BCUT2D eigenvalue weighted by Crippen LogP contribution is -2.49. The number of para-hydroxylation sites is 1. The second kappa shape index (κ2) is 12.3. The highest BCUT2D eigenvalue weighted by molar-refractivity contribution is 8.26. The smallest absolute Gasteiger partial charge is 0.270 e. The molecule has 1 aromatic heterocycles. The first-order chi connectivity index (χ1) is 19.8. The van der Waals surface area contributed by atoms with Crippen LogP contribution in [0, 0.1) is 24.1 Å². The molecule has 2 fully saturated rings. The van der Waals surface area contributed by atoms with Gasteiger partial charge in [0.25, 0.3) is 11.5 Å². The molecule has 3 heterocycles. The lowest BCUT2D eigenvalue weighted by Gasteiger charge is -2.39. The highest BCUT2D eigenvalue weighted by Crippen LogP contribution is 2.36. The summed E-state index contributed by atoms with van der Waals surface area (Å²) in [6, 6.07) is 18.7. The lowest BCUT2D eigenvalue weighted by molar-refractivity contribution is -0.122. The van der Waals surface area contributed by atoms with E-state index in [1.807, 2.05) is 48.2 Å². The molecule has 0 bridgehead atoms. The summed E-state index contributed by atoms with van der Waals surface area (Å²) in [5.74, 6) is 0.214. The quantitative estimate of drug-likeness (QED) is 0.286. The van der Waals surface area contributed by atoms with Crippen LogP contribution >= 0.6 is 24.0 Å². The molecule has 2 aliphatic rings. The van der Waals surface area contributed by atoms with Crippen LogP contribution in [0.1, 0.15) is 29.2 Å². The molecule has 7 nitrogen and oxygen atoms in total. The van der Waals surface area contributed by atoms with Gasteiger partial charge in [0.15, 0.2) is 0 Å². The van der Waals surface area contributed by atoms with Gasteiger partial charge in [-0.2, -0.15) is 5.26 Å². The molecule has 3 aromatic rings. The second-order valence-corrected chi connectivity index (χ2v) is 11.6. The summed E-state index contributed by atoms with van der Waals surface area (Å²) >= 11 is 6.81. The van der Waals surface area contributed by atoms with Crippen molar-refractivity contribution in [3.8, 4) is 6.07 Å². The number of thiocarbonyl (C=S) groups is 1. The number of carbonyl (C=O) groups is 1. The summed E-state index contributed by atoms with van der Waals surface area (Å²) in [6.45, 7) is 6.63. The zero-order chi connectivity index (χ0) is 29.1. The maximum atomic E-state index is 14.5. The number of anilines is 2. The Morgan fingerprint density at radius 1 is 1.02 bits per heavy atom. The molecule has 0 unspecified atom stereocenters. The Morgan fingerprint density at radius 2 is 1.68 bits per heavy atom. The highest BCUT2D eigenvalue weighted by Gasteiger charge is 2.33. The van der Waals surface area contributed by atoms with E-state index in [2.05, 4.69) is 11.0 Å². The maximum absolute atomic E-state index is 14.5. The minimum atomic E-state index is -0.355. The molecule has 2 aromatic carbocycles. The molecule has 41 heavy (non-hydrogen) atoms. The van der Waals surface area contributed by atoms with Crippen molar-refractivity contribution in [1.29, 1.82) is 5.26 Å². The number of benzene rings is 2. The fourth-order valence-electron chi connectivity index (χ4n) is 5.36. The van der Waals surface area contributed by atoms with Crippen molar-refractivity contribution in [1.82, 2.24) is 9.47 Å². The topological polar surface area (TPSA) is 72.6 Å². The van der Waals surface area contributed by atoms with Crippen LogP contribution in [0.25, 0.3) is 6.08 Å². The predicted octanol–water partition coefficient (Wildman–Crippen LogP) is 4.96. The molecule has 0 spiro atoms. The average Bonchev–Trinajstić information content (AvgIpc) is 3.25. The first kappa shape index (κ1) is 28.6. The number of amides is 1. The van der Waals surface area contributed by atoms with Crippen molar-refractivity contribution in [2.45, 2.75) is 26.8 Å². The molecule has 0 saturated carbocycles. The van der Waals surface area contributed by atoms with Gasteiger partial charge >= 0.3 is 0 Å². The van der Waals surface area contributed by atoms with E-state index < -0.39 is 0 Å². The zero-order valence-electron chi connectivity index (χ0n) is 23.0. The number of carbonyl (C=O) groups excluding carboxylic acids is 1. The second-order valence-electron chi connectivity index (χ2n) is 9.89. The molecule has 2 aliphatic heterocycles. The van der Waals surface area contributed by atoms with Crippen LogP contribution in [0.5, 0.6) is 0 Å². The molecular formula is C31H30FN5O2S2. The average molecular weight is 588 g/mol. The van der Waals surface area contributed by atoms with E-state index in [0.717, 1.165) is 5.56 Å². The van der Waals surface area contributed by atoms with Crippen LogP contribution in [0.3, 0.4) is 0 Å². The van der Waals surface area contributed by atoms with E-state index in [-0.39, 0.29) is 22.8 Å². The highest BCUT2D eigenvalue weighted by atomic mass is 32.2. The minimum Gasteiger partial charge on any atom is -0.366 e. The van der Waals surface area contributed by atoms with Gasteiger partial charge in [-0.05, 0) is 49.6 Å². The van der Waals surface area contributed by atoms with E-state index in [4.69, 9.17) is 12.2 Å². The van der Waals surface area contributed by atoms with Crippen LogP contribution in [0.4, 0.5) is 15.9 Å². The summed E-state index contributed by atoms with van der Waals surface area (Å²) in [7, 11) is 0. The van der Waals surface area contributed by atoms with E-state index in [1.54, 1.807) is 34.6 Å². The molecule has 5 rings (SSSR count). The summed E-state index contributed by atoms with van der Waals surface area (Å²) in [5.41, 5.74) is 2.56. The lowest BCUT2D eigenvalue weighted by atomic mass is 10.0. The van der Waals surface area contributed by atoms with E-state index >= 15 is 0 Å². The van der Waals surface area contributed by atoms with Crippen molar-refractivity contribution < 1.29 is 9.18 Å². The zero-order valence-corrected chi connectivity index (χ0v) is 24.6. The molecular weight excluding hydrogens is 558 g/mol. The number of piperazine rings is 1. The van der Waals surface area contributed by atoms with E-state index in [9.17, 15) is 19.2 Å². The normalized spacial score (nSPS) is 16.5. The summed E-state index contributed by atoms with van der Waals surface area (Å²) in [4.78, 5) is 33.0. The number of hydrogen-bond acceptors (Lipinski definition) is 7. The van der Waals surface area contributed by atoms with Crippen molar-refractivity contribution in [3.63, 3.8) is 0 Å². The number of pyridine rings is 1. The van der Waals surface area contributed by atoms with Crippen molar-refractivity contribution in [2.75, 3.05) is 42.5 Å². The summed E-state index contributed by atoms with van der Waals surface area (Å²) < 4.78 is 16.5. The van der Waals surface area contributed by atoms with Gasteiger partial charge in [-0.1, -0.05) is 66.4 Å². The fraction of sp³-hybridized carbons (Fsp3) is 0.290. The third-order valence-electron chi connectivity index (χ3n) is 7.55. The summed E-state index contributed by atoms with van der Waals surface area (Å²) in [5, 5.41) is 9.87. The molecule has 0 radical (unpaired) electrons. The predicted molar refractivity (Wildman–Crippen MR) is 167 cm³/mol. The van der Waals surface area contributed by atoms with Gasteiger partial charge in [0, 0.05) is 44.8 Å². The third kappa shape index (κ3) is 5.65. The standard InChI is InChI=1S/C31H30FN5O2S2/c1-3-36-28(35-17-15-34(16-18-35)26-12-8-7-11-25(26)32)23(21(2)24(20-33)29(36)38)19-27-30(39)37(31(40)41-27)14-13-22-9-5-4-6-10-22/h4-12,19H,3,13-18H2,1-2H3/b27-19+. The first-order valence-electron chi connectivity index (χ1n) is 13.5. The van der Waals surface area contributed by atoms with Crippen LogP contribution < -0.4 is 15.4 Å². The Bertz CT molecular complexity index is 1620. The van der Waals surface area contributed by atoms with Gasteiger partial charge in [-0.15, -0.1) is 0 Å². The number of hydrogen-bond donors (Lipinski definition) is 0. The van der Waals surface area contributed by atoms with Crippen molar-refractivity contribution >= 4 is 51.8 Å². The molecule has 0 aliphatic carbocycles. The fourth-order valence-corrected chi connectivity index (χ4v) is 6.65. The van der Waals surface area contributed by atoms with Crippen molar-refractivity contribution in [2.24, 2.45) is 0 Å². The van der Waals surface area contributed by atoms with Gasteiger partial charge in [0.05, 0.1) is 10.6 Å². The van der Waals surface area contributed by atoms with Crippen molar-refractivity contribution in [3.05, 3.63) is 97.9 Å². The number of halogens is 1. The monoisotopic (exact) mass is 587 g/mol. The number of rotatable bonds is 7. The van der Waals surface area contributed by atoms with Crippen LogP contribution in [0.15, 0.2) is 64.3 Å². The largest absolute Gasteiger partial charge is 0.366 e. The third-order valence-corrected chi connectivity index (χ3v) is 8.93. The van der Waals surface area contributed by atoms with Crippen LogP contribution in [0.2, 0.25) is 0 Å². The van der Waals surface area contributed by atoms with Crippen LogP contribution in [-0.4, -0.2) is 52.4 Å². The van der Waals surface area contributed by atoms with Crippen LogP contribution in [-0.2, 0) is 17.8 Å². The summed E-state index contributed by atoms with van der Waals surface area (Å²) in [6.07, 6.45) is 2.46. The van der Waals surface area contributed by atoms with Gasteiger partial charge in [0.2, 0.25) is 0 Å². The Kier molecular flexibility index (Phi) is 8.57. The first-order valence-corrected chi connectivity index (χ1v) is 14.8. The van der Waals surface area contributed by atoms with Gasteiger partial charge in [-0.25, -0.2) is 4.39 Å². The Hall–Kier alpha value is -3.94. The maximum Gasteiger partial charge on any atom is 0.270 e. The van der Waals surface area contributed by atoms with Gasteiger partial charge in [0.1, 0.15) is 27.6 Å². The van der Waals surface area contributed by atoms with Gasteiger partial charge < -0.3 is 9.80 Å². The Balaban J connectivity index is 1.49. The molecule has 2 saturated heterocycles. The van der Waals surface area contributed by atoms with Gasteiger partial charge in [-0.3, -0.25) is 19.1 Å². The number of thioether (sulfide) groups is 1. The SMILES string of the molecule is CCn1c(N2CCN(c3ccccc3F)CC2)c(/C=C2/SC(=S)N(CCc3ccccc3)C2=O)c(C)c(C#N)c1=O. The number of aromatic nitrogens is 1. The Labute approximate surface area is 248 Å². The molecule has 0 atom stereocenters. The Morgan fingerprint density at radius 3 is 2.34 bits per heavy atom. The van der Waals surface area contributed by atoms with E-state index in [1.165, 1.54) is 17.8 Å². The molecule has 10 heteroatoms. The number of nitriles is 1. The number of nitrogens with zero attached hydrogens (tertiary/aromatic N) is 5. The molecule has 0 N–H and O–H groups in total. The molecule has 210 valence electrons. The van der Waals surface area contributed by atoms with E-state index in [0.29, 0.717) is 77.5 Å².